The fraction of sp³-hybridized carbons (Fsp3) is 0.429. The van der Waals surface area contributed by atoms with Crippen molar-refractivity contribution in [2.75, 3.05) is 6.54 Å². The molecule has 1 heterocycles. The van der Waals surface area contributed by atoms with Gasteiger partial charge in [-0.3, -0.25) is 0 Å². The predicted molar refractivity (Wildman–Crippen MR) is 78.8 cm³/mol. The second kappa shape index (κ2) is 5.30. The molecule has 1 aromatic carbocycles. The summed E-state index contributed by atoms with van der Waals surface area (Å²) in [7, 11) is 0. The molecule has 0 unspecified atom stereocenters. The van der Waals surface area contributed by atoms with Gasteiger partial charge in [0, 0.05) is 6.54 Å². The largest absolute Gasteiger partial charge is 0.369 e. The molecule has 0 atom stereocenters. The van der Waals surface area contributed by atoms with Gasteiger partial charge in [-0.2, -0.15) is 4.99 Å². The second-order valence-electron chi connectivity index (χ2n) is 5.18. The highest BCUT2D eigenvalue weighted by molar-refractivity contribution is 5.95. The van der Waals surface area contributed by atoms with E-state index >= 15 is 0 Å². The molecule has 0 amide bonds. The standard InChI is InChI=1S/C14H21N5/c1-14(2)18-12(15)17-13(16)19(14)10-6-9-11-7-4-3-5-8-11/h3-5,7-8H,6,9-10H2,1-2H3,(H4,15,16,17,18). The summed E-state index contributed by atoms with van der Waals surface area (Å²) in [5, 5.41) is 0. The molecule has 1 aliphatic rings. The highest BCUT2D eigenvalue weighted by Gasteiger charge is 2.30. The van der Waals surface area contributed by atoms with Crippen LogP contribution in [0.3, 0.4) is 0 Å². The number of nitrogens with two attached hydrogens (primary N) is 2. The smallest absolute Gasteiger partial charge is 0.220 e. The molecular formula is C14H21N5. The van der Waals surface area contributed by atoms with Crippen LogP contribution in [0, 0.1) is 0 Å². The van der Waals surface area contributed by atoms with Crippen molar-refractivity contribution in [3.8, 4) is 0 Å². The lowest BCUT2D eigenvalue weighted by Crippen LogP contribution is -2.54. The van der Waals surface area contributed by atoms with Crippen molar-refractivity contribution >= 4 is 11.9 Å². The van der Waals surface area contributed by atoms with Gasteiger partial charge in [0.25, 0.3) is 0 Å². The van der Waals surface area contributed by atoms with Crippen molar-refractivity contribution < 1.29 is 0 Å². The highest BCUT2D eigenvalue weighted by Crippen LogP contribution is 2.20. The quantitative estimate of drug-likeness (QED) is 0.855. The third-order valence-electron chi connectivity index (χ3n) is 3.24. The summed E-state index contributed by atoms with van der Waals surface area (Å²) in [5.74, 6) is 0.701. The fourth-order valence-corrected chi connectivity index (χ4v) is 2.30. The van der Waals surface area contributed by atoms with Gasteiger partial charge in [-0.05, 0) is 32.3 Å². The first-order valence-corrected chi connectivity index (χ1v) is 6.50. The van der Waals surface area contributed by atoms with E-state index in [2.05, 4.69) is 34.3 Å². The van der Waals surface area contributed by atoms with E-state index in [0.717, 1.165) is 19.4 Å². The number of benzene rings is 1. The summed E-state index contributed by atoms with van der Waals surface area (Å²) >= 11 is 0. The minimum Gasteiger partial charge on any atom is -0.369 e. The van der Waals surface area contributed by atoms with E-state index in [1.807, 2.05) is 24.8 Å². The van der Waals surface area contributed by atoms with Crippen molar-refractivity contribution in [1.82, 2.24) is 4.90 Å². The number of aryl methyl sites for hydroxylation is 1. The minimum absolute atomic E-state index is 0.252. The van der Waals surface area contributed by atoms with Crippen molar-refractivity contribution in [1.29, 1.82) is 0 Å². The highest BCUT2D eigenvalue weighted by atomic mass is 15.4. The van der Waals surface area contributed by atoms with Gasteiger partial charge in [0.05, 0.1) is 0 Å². The van der Waals surface area contributed by atoms with Crippen molar-refractivity contribution in [2.45, 2.75) is 32.4 Å². The summed E-state index contributed by atoms with van der Waals surface area (Å²) in [6, 6.07) is 10.4. The summed E-state index contributed by atoms with van der Waals surface area (Å²) in [6.45, 7) is 4.79. The first kappa shape index (κ1) is 13.4. The molecule has 0 aliphatic carbocycles. The third-order valence-corrected chi connectivity index (χ3v) is 3.24. The molecule has 5 nitrogen and oxygen atoms in total. The van der Waals surface area contributed by atoms with Gasteiger partial charge < -0.3 is 16.4 Å². The predicted octanol–water partition coefficient (Wildman–Crippen LogP) is 1.30. The Kier molecular flexibility index (Phi) is 3.74. The van der Waals surface area contributed by atoms with Crippen LogP contribution in [0.15, 0.2) is 40.3 Å². The molecule has 0 radical (unpaired) electrons. The van der Waals surface area contributed by atoms with Crippen LogP contribution in [0.5, 0.6) is 0 Å². The number of rotatable bonds is 4. The molecule has 1 aromatic rings. The second-order valence-corrected chi connectivity index (χ2v) is 5.18. The minimum atomic E-state index is -0.424. The van der Waals surface area contributed by atoms with E-state index in [1.165, 1.54) is 5.56 Å². The number of hydrogen-bond acceptors (Lipinski definition) is 5. The first-order valence-electron chi connectivity index (χ1n) is 6.50. The molecule has 0 spiro atoms. The van der Waals surface area contributed by atoms with Crippen LogP contribution in [-0.2, 0) is 6.42 Å². The molecule has 0 saturated heterocycles. The van der Waals surface area contributed by atoms with E-state index in [0.29, 0.717) is 5.96 Å². The molecule has 0 bridgehead atoms. The Balaban J connectivity index is 1.94. The average molecular weight is 259 g/mol. The van der Waals surface area contributed by atoms with E-state index < -0.39 is 5.66 Å². The number of hydrogen-bond donors (Lipinski definition) is 2. The van der Waals surface area contributed by atoms with Crippen LogP contribution in [0.1, 0.15) is 25.8 Å². The van der Waals surface area contributed by atoms with Gasteiger partial charge in [-0.25, -0.2) is 4.99 Å². The molecular weight excluding hydrogens is 238 g/mol. The van der Waals surface area contributed by atoms with E-state index in [1.54, 1.807) is 0 Å². The normalized spacial score (nSPS) is 17.9. The van der Waals surface area contributed by atoms with Crippen LogP contribution < -0.4 is 11.5 Å². The van der Waals surface area contributed by atoms with Gasteiger partial charge >= 0.3 is 0 Å². The number of guanidine groups is 2. The van der Waals surface area contributed by atoms with E-state index in [-0.39, 0.29) is 5.96 Å². The Bertz CT molecular complexity index is 490. The molecule has 0 saturated carbocycles. The Morgan fingerprint density at radius 3 is 2.47 bits per heavy atom. The van der Waals surface area contributed by atoms with Crippen molar-refractivity contribution in [3.05, 3.63) is 35.9 Å². The van der Waals surface area contributed by atoms with Crippen LogP contribution in [0.4, 0.5) is 0 Å². The molecule has 1 aliphatic heterocycles. The monoisotopic (exact) mass is 259 g/mol. The maximum absolute atomic E-state index is 5.94. The van der Waals surface area contributed by atoms with Crippen LogP contribution in [0.25, 0.3) is 0 Å². The molecule has 2 rings (SSSR count). The zero-order chi connectivity index (χ0) is 13.9. The summed E-state index contributed by atoms with van der Waals surface area (Å²) in [5.41, 5.74) is 12.5. The summed E-state index contributed by atoms with van der Waals surface area (Å²) in [4.78, 5) is 10.4. The topological polar surface area (TPSA) is 80.0 Å². The van der Waals surface area contributed by atoms with E-state index in [9.17, 15) is 0 Å². The van der Waals surface area contributed by atoms with Crippen LogP contribution in [0.2, 0.25) is 0 Å². The molecule has 102 valence electrons. The maximum atomic E-state index is 5.94. The summed E-state index contributed by atoms with van der Waals surface area (Å²) < 4.78 is 0. The van der Waals surface area contributed by atoms with Crippen molar-refractivity contribution in [3.63, 3.8) is 0 Å². The lowest BCUT2D eigenvalue weighted by molar-refractivity contribution is 0.215. The zero-order valence-electron chi connectivity index (χ0n) is 11.5. The van der Waals surface area contributed by atoms with Gasteiger partial charge in [-0.15, -0.1) is 0 Å². The van der Waals surface area contributed by atoms with Gasteiger partial charge in [0.1, 0.15) is 5.66 Å². The molecule has 0 fully saturated rings. The lowest BCUT2D eigenvalue weighted by Gasteiger charge is -2.38. The van der Waals surface area contributed by atoms with E-state index in [4.69, 9.17) is 11.5 Å². The zero-order valence-corrected chi connectivity index (χ0v) is 11.5. The number of nitrogens with zero attached hydrogens (tertiary/aromatic N) is 3. The Labute approximate surface area is 114 Å². The average Bonchev–Trinajstić information content (AvgIpc) is 2.33. The van der Waals surface area contributed by atoms with Gasteiger partial charge in [-0.1, -0.05) is 30.3 Å². The fourth-order valence-electron chi connectivity index (χ4n) is 2.30. The third kappa shape index (κ3) is 3.24. The SMILES string of the molecule is CC1(C)N=C(N)N=C(N)N1CCCc1ccccc1. The molecule has 19 heavy (non-hydrogen) atoms. The van der Waals surface area contributed by atoms with Crippen molar-refractivity contribution in [2.24, 2.45) is 21.5 Å². The Morgan fingerprint density at radius 1 is 1.16 bits per heavy atom. The molecule has 5 heteroatoms. The van der Waals surface area contributed by atoms with Crippen LogP contribution >= 0.6 is 0 Å². The molecule has 0 aromatic heterocycles. The Morgan fingerprint density at radius 2 is 1.84 bits per heavy atom. The number of aliphatic imine (C=N–C) groups is 2. The van der Waals surface area contributed by atoms with Gasteiger partial charge in [0.15, 0.2) is 0 Å². The molecule has 4 N–H and O–H groups in total. The Hall–Kier alpha value is -2.04. The summed E-state index contributed by atoms with van der Waals surface area (Å²) in [6.07, 6.45) is 2.01. The van der Waals surface area contributed by atoms with Gasteiger partial charge in [0.2, 0.25) is 11.9 Å². The van der Waals surface area contributed by atoms with Crippen LogP contribution in [-0.4, -0.2) is 29.0 Å². The lowest BCUT2D eigenvalue weighted by atomic mass is 10.1. The first-order chi connectivity index (χ1) is 8.99. The maximum Gasteiger partial charge on any atom is 0.220 e.